The zero-order valence-electron chi connectivity index (χ0n) is 12.2. The predicted octanol–water partition coefficient (Wildman–Crippen LogP) is 2.12. The van der Waals surface area contributed by atoms with Crippen molar-refractivity contribution in [2.75, 3.05) is 20.8 Å². The van der Waals surface area contributed by atoms with Gasteiger partial charge >= 0.3 is 5.97 Å². The molecule has 2 aromatic rings. The minimum absolute atomic E-state index is 0.0331. The molecule has 1 N–H and O–H groups in total. The van der Waals surface area contributed by atoms with Gasteiger partial charge in [0.05, 0.1) is 12.3 Å². The number of hydrogen-bond donors (Lipinski definition) is 1. The molecule has 1 aromatic heterocycles. The molecular formula is C15H18N2O4. The Bertz CT molecular complexity index is 619. The van der Waals surface area contributed by atoms with E-state index in [1.54, 1.807) is 32.0 Å². The Morgan fingerprint density at radius 3 is 2.48 bits per heavy atom. The number of aromatic nitrogens is 2. The van der Waals surface area contributed by atoms with Crippen molar-refractivity contribution in [1.82, 2.24) is 9.78 Å². The van der Waals surface area contributed by atoms with E-state index in [0.717, 1.165) is 16.8 Å². The lowest BCUT2D eigenvalue weighted by molar-refractivity contribution is 0.0275. The molecule has 0 amide bonds. The van der Waals surface area contributed by atoms with Crippen LogP contribution in [0, 0.1) is 0 Å². The lowest BCUT2D eigenvalue weighted by atomic mass is 10.1. The van der Waals surface area contributed by atoms with E-state index >= 15 is 0 Å². The Hall–Kier alpha value is -2.18. The molecule has 0 saturated heterocycles. The summed E-state index contributed by atoms with van der Waals surface area (Å²) in [5.74, 6) is -1.03. The number of rotatable bonds is 6. The Morgan fingerprint density at radius 1 is 1.33 bits per heavy atom. The molecule has 0 aliphatic heterocycles. The maximum atomic E-state index is 10.9. The van der Waals surface area contributed by atoms with Crippen LogP contribution in [0.5, 0.6) is 0 Å². The molecule has 0 aliphatic carbocycles. The molecule has 2 rings (SSSR count). The van der Waals surface area contributed by atoms with E-state index in [-0.39, 0.29) is 11.8 Å². The predicted molar refractivity (Wildman–Crippen MR) is 77.2 cm³/mol. The summed E-state index contributed by atoms with van der Waals surface area (Å²) < 4.78 is 12.0. The number of aromatic carboxylic acids is 1. The third-order valence-corrected chi connectivity index (χ3v) is 3.28. The van der Waals surface area contributed by atoms with E-state index in [4.69, 9.17) is 14.6 Å². The van der Waals surface area contributed by atoms with Crippen LogP contribution in [-0.4, -0.2) is 41.7 Å². The van der Waals surface area contributed by atoms with Gasteiger partial charge in [0.15, 0.2) is 5.69 Å². The van der Waals surface area contributed by atoms with Gasteiger partial charge in [-0.2, -0.15) is 5.10 Å². The highest BCUT2D eigenvalue weighted by molar-refractivity contribution is 5.87. The van der Waals surface area contributed by atoms with Crippen molar-refractivity contribution in [1.29, 1.82) is 0 Å². The molecule has 1 heterocycles. The van der Waals surface area contributed by atoms with Gasteiger partial charge in [-0.05, 0) is 17.2 Å². The van der Waals surface area contributed by atoms with E-state index in [1.807, 2.05) is 24.3 Å². The molecule has 0 aliphatic rings. The number of carboxylic acid groups (broad SMARTS) is 1. The molecule has 0 bridgehead atoms. The summed E-state index contributed by atoms with van der Waals surface area (Å²) in [5.41, 5.74) is 2.68. The van der Waals surface area contributed by atoms with Crippen molar-refractivity contribution in [3.8, 4) is 11.3 Å². The largest absolute Gasteiger partial charge is 0.476 e. The second kappa shape index (κ2) is 6.51. The molecule has 0 spiro atoms. The Kier molecular flexibility index (Phi) is 4.72. The van der Waals surface area contributed by atoms with Crippen LogP contribution >= 0.6 is 0 Å². The van der Waals surface area contributed by atoms with Crippen LogP contribution in [0.15, 0.2) is 30.3 Å². The number of hydrogen-bond acceptors (Lipinski definition) is 4. The molecule has 6 nitrogen and oxygen atoms in total. The molecular weight excluding hydrogens is 272 g/mol. The third kappa shape index (κ3) is 3.29. The molecule has 1 aromatic carbocycles. The zero-order valence-corrected chi connectivity index (χ0v) is 12.2. The highest BCUT2D eigenvalue weighted by Crippen LogP contribution is 2.24. The summed E-state index contributed by atoms with van der Waals surface area (Å²) >= 11 is 0. The Labute approximate surface area is 122 Å². The molecule has 0 radical (unpaired) electrons. The highest BCUT2D eigenvalue weighted by Gasteiger charge is 2.14. The van der Waals surface area contributed by atoms with Gasteiger partial charge < -0.3 is 14.6 Å². The van der Waals surface area contributed by atoms with Crippen molar-refractivity contribution >= 4 is 5.97 Å². The minimum atomic E-state index is -1.03. The molecule has 112 valence electrons. The fourth-order valence-corrected chi connectivity index (χ4v) is 2.16. The van der Waals surface area contributed by atoms with Gasteiger partial charge in [-0.1, -0.05) is 24.3 Å². The summed E-state index contributed by atoms with van der Waals surface area (Å²) in [7, 11) is 4.99. The second-order valence-electron chi connectivity index (χ2n) is 4.65. The number of carbonyl (C=O) groups is 1. The number of carboxylic acids is 1. The normalized spacial score (nSPS) is 12.3. The third-order valence-electron chi connectivity index (χ3n) is 3.28. The minimum Gasteiger partial charge on any atom is -0.476 e. The van der Waals surface area contributed by atoms with E-state index in [1.165, 1.54) is 0 Å². The van der Waals surface area contributed by atoms with Gasteiger partial charge in [-0.3, -0.25) is 4.68 Å². The molecule has 0 fully saturated rings. The standard InChI is InChI=1S/C15H18N2O4/c1-17-13(8-12(16-17)15(18)19)10-4-6-11(7-5-10)14(21-3)9-20-2/h4-8,14H,9H2,1-3H3,(H,18,19). The number of nitrogens with zero attached hydrogens (tertiary/aromatic N) is 2. The first-order chi connectivity index (χ1) is 10.1. The van der Waals surface area contributed by atoms with Crippen LogP contribution in [0.4, 0.5) is 0 Å². The topological polar surface area (TPSA) is 73.6 Å². The molecule has 1 unspecified atom stereocenters. The first-order valence-electron chi connectivity index (χ1n) is 6.46. The van der Waals surface area contributed by atoms with Crippen molar-refractivity contribution in [3.05, 3.63) is 41.6 Å². The van der Waals surface area contributed by atoms with Crippen molar-refractivity contribution < 1.29 is 19.4 Å². The van der Waals surface area contributed by atoms with Gasteiger partial charge in [0.25, 0.3) is 0 Å². The SMILES string of the molecule is COCC(OC)c1ccc(-c2cc(C(=O)O)nn2C)cc1. The fraction of sp³-hybridized carbons (Fsp3) is 0.333. The first kappa shape index (κ1) is 15.2. The molecule has 0 saturated carbocycles. The Morgan fingerprint density at radius 2 is 2.00 bits per heavy atom. The summed E-state index contributed by atoms with van der Waals surface area (Å²) in [5, 5.41) is 12.9. The van der Waals surface area contributed by atoms with Gasteiger partial charge in [0.2, 0.25) is 0 Å². The number of benzene rings is 1. The van der Waals surface area contributed by atoms with Crippen LogP contribution in [-0.2, 0) is 16.5 Å². The maximum Gasteiger partial charge on any atom is 0.356 e. The van der Waals surface area contributed by atoms with Gasteiger partial charge in [0, 0.05) is 21.3 Å². The van der Waals surface area contributed by atoms with E-state index in [9.17, 15) is 4.79 Å². The smallest absolute Gasteiger partial charge is 0.356 e. The van der Waals surface area contributed by atoms with E-state index < -0.39 is 5.97 Å². The monoisotopic (exact) mass is 290 g/mol. The fourth-order valence-electron chi connectivity index (χ4n) is 2.16. The van der Waals surface area contributed by atoms with Crippen LogP contribution in [0.3, 0.4) is 0 Å². The second-order valence-corrected chi connectivity index (χ2v) is 4.65. The molecule has 1 atom stereocenters. The Balaban J connectivity index is 2.28. The average Bonchev–Trinajstić information content (AvgIpc) is 2.87. The van der Waals surface area contributed by atoms with Crippen molar-refractivity contribution in [3.63, 3.8) is 0 Å². The van der Waals surface area contributed by atoms with E-state index in [0.29, 0.717) is 6.61 Å². The lowest BCUT2D eigenvalue weighted by Gasteiger charge is -2.15. The van der Waals surface area contributed by atoms with Gasteiger partial charge in [-0.25, -0.2) is 4.79 Å². The van der Waals surface area contributed by atoms with Crippen LogP contribution < -0.4 is 0 Å². The highest BCUT2D eigenvalue weighted by atomic mass is 16.5. The van der Waals surface area contributed by atoms with Crippen molar-refractivity contribution in [2.45, 2.75) is 6.10 Å². The zero-order chi connectivity index (χ0) is 15.4. The lowest BCUT2D eigenvalue weighted by Crippen LogP contribution is -2.08. The maximum absolute atomic E-state index is 10.9. The van der Waals surface area contributed by atoms with Crippen LogP contribution in [0.2, 0.25) is 0 Å². The number of aryl methyl sites for hydroxylation is 1. The van der Waals surface area contributed by atoms with Gasteiger partial charge in [0.1, 0.15) is 6.10 Å². The summed E-state index contributed by atoms with van der Waals surface area (Å²) in [6.07, 6.45) is -0.120. The quantitative estimate of drug-likeness (QED) is 0.882. The molecule has 21 heavy (non-hydrogen) atoms. The van der Waals surface area contributed by atoms with Crippen LogP contribution in [0.1, 0.15) is 22.2 Å². The summed E-state index contributed by atoms with van der Waals surface area (Å²) in [6, 6.07) is 9.27. The average molecular weight is 290 g/mol. The summed E-state index contributed by atoms with van der Waals surface area (Å²) in [4.78, 5) is 10.9. The molecule has 6 heteroatoms. The number of ether oxygens (including phenoxy) is 2. The van der Waals surface area contributed by atoms with Crippen LogP contribution in [0.25, 0.3) is 11.3 Å². The number of methoxy groups -OCH3 is 2. The summed E-state index contributed by atoms with van der Waals surface area (Å²) in [6.45, 7) is 0.477. The van der Waals surface area contributed by atoms with E-state index in [2.05, 4.69) is 5.10 Å². The van der Waals surface area contributed by atoms with Gasteiger partial charge in [-0.15, -0.1) is 0 Å². The first-order valence-corrected chi connectivity index (χ1v) is 6.46. The van der Waals surface area contributed by atoms with Crippen molar-refractivity contribution in [2.24, 2.45) is 7.05 Å².